The van der Waals surface area contributed by atoms with Gasteiger partial charge in [-0.15, -0.1) is 23.3 Å². The SMILES string of the molecule is C#CCSCCNc1nc2ccc(F)cn2n1. The van der Waals surface area contributed by atoms with Crippen molar-refractivity contribution in [3.8, 4) is 12.3 Å². The highest BCUT2D eigenvalue weighted by atomic mass is 32.2. The van der Waals surface area contributed by atoms with Crippen LogP contribution in [-0.2, 0) is 0 Å². The number of pyridine rings is 1. The lowest BCUT2D eigenvalue weighted by Gasteiger charge is -1.98. The number of rotatable bonds is 5. The maximum Gasteiger partial charge on any atom is 0.243 e. The van der Waals surface area contributed by atoms with E-state index < -0.39 is 0 Å². The number of anilines is 1. The third kappa shape index (κ3) is 3.11. The summed E-state index contributed by atoms with van der Waals surface area (Å²) in [5.74, 6) is 4.30. The summed E-state index contributed by atoms with van der Waals surface area (Å²) < 4.78 is 14.3. The van der Waals surface area contributed by atoms with Crippen molar-refractivity contribution in [2.45, 2.75) is 0 Å². The van der Waals surface area contributed by atoms with Crippen molar-refractivity contribution in [2.75, 3.05) is 23.4 Å². The predicted octanol–water partition coefficient (Wildman–Crippen LogP) is 1.65. The summed E-state index contributed by atoms with van der Waals surface area (Å²) in [7, 11) is 0. The van der Waals surface area contributed by atoms with E-state index in [0.29, 0.717) is 17.3 Å². The third-order valence-corrected chi connectivity index (χ3v) is 2.87. The van der Waals surface area contributed by atoms with Crippen molar-refractivity contribution >= 4 is 23.4 Å². The number of thioether (sulfide) groups is 1. The summed E-state index contributed by atoms with van der Waals surface area (Å²) in [4.78, 5) is 4.20. The van der Waals surface area contributed by atoms with Crippen LogP contribution >= 0.6 is 11.8 Å². The molecule has 0 radical (unpaired) electrons. The molecule has 4 nitrogen and oxygen atoms in total. The molecule has 2 aromatic rings. The minimum atomic E-state index is -0.335. The zero-order valence-electron chi connectivity index (χ0n) is 9.06. The fourth-order valence-electron chi connectivity index (χ4n) is 1.30. The molecular formula is C11H11FN4S. The van der Waals surface area contributed by atoms with Gasteiger partial charge in [0.05, 0.1) is 11.9 Å². The Morgan fingerprint density at radius 2 is 2.41 bits per heavy atom. The van der Waals surface area contributed by atoms with Crippen LogP contribution in [0.25, 0.3) is 5.65 Å². The lowest BCUT2D eigenvalue weighted by Crippen LogP contribution is -2.05. The third-order valence-electron chi connectivity index (χ3n) is 2.01. The van der Waals surface area contributed by atoms with Crippen molar-refractivity contribution in [1.82, 2.24) is 14.6 Å². The first-order valence-corrected chi connectivity index (χ1v) is 6.22. The molecule has 0 unspecified atom stereocenters. The van der Waals surface area contributed by atoms with E-state index in [2.05, 4.69) is 21.3 Å². The van der Waals surface area contributed by atoms with Gasteiger partial charge < -0.3 is 5.32 Å². The number of hydrogen-bond acceptors (Lipinski definition) is 4. The highest BCUT2D eigenvalue weighted by molar-refractivity contribution is 7.99. The molecule has 1 N–H and O–H groups in total. The number of aromatic nitrogens is 3. The highest BCUT2D eigenvalue weighted by Gasteiger charge is 2.02. The number of hydrogen-bond donors (Lipinski definition) is 1. The number of halogens is 1. The molecule has 17 heavy (non-hydrogen) atoms. The van der Waals surface area contributed by atoms with Crippen molar-refractivity contribution < 1.29 is 4.39 Å². The Hall–Kier alpha value is -1.74. The van der Waals surface area contributed by atoms with Crippen LogP contribution in [0.1, 0.15) is 0 Å². The second-order valence-electron chi connectivity index (χ2n) is 3.27. The van der Waals surface area contributed by atoms with Crippen molar-refractivity contribution in [2.24, 2.45) is 0 Å². The summed E-state index contributed by atoms with van der Waals surface area (Å²) in [5.41, 5.74) is 0.616. The van der Waals surface area contributed by atoms with Gasteiger partial charge in [0.15, 0.2) is 5.65 Å². The van der Waals surface area contributed by atoms with Crippen molar-refractivity contribution in [3.63, 3.8) is 0 Å². The molecule has 0 amide bonds. The topological polar surface area (TPSA) is 42.2 Å². The minimum Gasteiger partial charge on any atom is -0.352 e. The van der Waals surface area contributed by atoms with Crippen LogP contribution in [-0.4, -0.2) is 32.6 Å². The van der Waals surface area contributed by atoms with E-state index in [0.717, 1.165) is 12.3 Å². The normalized spacial score (nSPS) is 10.4. The van der Waals surface area contributed by atoms with Crippen LogP contribution < -0.4 is 5.32 Å². The average Bonchev–Trinajstić information content (AvgIpc) is 2.70. The van der Waals surface area contributed by atoms with E-state index in [1.165, 1.54) is 16.8 Å². The van der Waals surface area contributed by atoms with Crippen LogP contribution in [0, 0.1) is 18.2 Å². The van der Waals surface area contributed by atoms with E-state index in [9.17, 15) is 4.39 Å². The number of fused-ring (bicyclic) bond motifs is 1. The molecule has 2 aromatic heterocycles. The molecule has 0 spiro atoms. The van der Waals surface area contributed by atoms with Crippen molar-refractivity contribution in [1.29, 1.82) is 0 Å². The maximum absolute atomic E-state index is 12.9. The quantitative estimate of drug-likeness (QED) is 0.647. The molecule has 0 saturated heterocycles. The van der Waals surface area contributed by atoms with E-state index in [1.54, 1.807) is 17.8 Å². The van der Waals surface area contributed by atoms with Crippen LogP contribution in [0.2, 0.25) is 0 Å². The predicted molar refractivity (Wildman–Crippen MR) is 67.6 cm³/mol. The zero-order valence-corrected chi connectivity index (χ0v) is 9.88. The second kappa shape index (κ2) is 5.55. The monoisotopic (exact) mass is 250 g/mol. The molecule has 88 valence electrons. The van der Waals surface area contributed by atoms with Gasteiger partial charge in [0.25, 0.3) is 0 Å². The standard InChI is InChI=1S/C11H11FN4S/c1-2-6-17-7-5-13-11-14-10-4-3-9(12)8-16(10)15-11/h1,3-4,8H,5-7H2,(H,13,15). The number of nitrogens with one attached hydrogen (secondary N) is 1. The van der Waals surface area contributed by atoms with Crippen LogP contribution in [0.5, 0.6) is 0 Å². The molecule has 0 aromatic carbocycles. The summed E-state index contributed by atoms with van der Waals surface area (Å²) in [5, 5.41) is 7.15. The van der Waals surface area contributed by atoms with Crippen LogP contribution in [0.3, 0.4) is 0 Å². The van der Waals surface area contributed by atoms with Crippen LogP contribution in [0.15, 0.2) is 18.3 Å². The number of nitrogens with zero attached hydrogens (tertiary/aromatic N) is 3. The van der Waals surface area contributed by atoms with E-state index in [4.69, 9.17) is 6.42 Å². The average molecular weight is 250 g/mol. The van der Waals surface area contributed by atoms with E-state index in [-0.39, 0.29) is 5.82 Å². The molecule has 2 rings (SSSR count). The van der Waals surface area contributed by atoms with Gasteiger partial charge in [0.2, 0.25) is 5.95 Å². The lowest BCUT2D eigenvalue weighted by molar-refractivity contribution is 0.615. The fraction of sp³-hybridized carbons (Fsp3) is 0.273. The molecule has 0 fully saturated rings. The molecule has 0 saturated carbocycles. The zero-order chi connectivity index (χ0) is 12.1. The Bertz CT molecular complexity index is 546. The Kier molecular flexibility index (Phi) is 3.83. The first-order valence-electron chi connectivity index (χ1n) is 5.06. The lowest BCUT2D eigenvalue weighted by atomic mass is 10.5. The molecule has 6 heteroatoms. The first-order chi connectivity index (χ1) is 8.29. The summed E-state index contributed by atoms with van der Waals surface area (Å²) in [6, 6.07) is 2.94. The Morgan fingerprint density at radius 3 is 3.24 bits per heavy atom. The molecule has 2 heterocycles. The van der Waals surface area contributed by atoms with E-state index >= 15 is 0 Å². The molecule has 0 aliphatic carbocycles. The highest BCUT2D eigenvalue weighted by Crippen LogP contribution is 2.07. The molecule has 0 aliphatic heterocycles. The van der Waals surface area contributed by atoms with Crippen molar-refractivity contribution in [3.05, 3.63) is 24.1 Å². The van der Waals surface area contributed by atoms with Gasteiger partial charge in [-0.2, -0.15) is 4.98 Å². The Labute approximate surface area is 103 Å². The summed E-state index contributed by atoms with van der Waals surface area (Å²) in [6.45, 7) is 0.728. The number of terminal acetylenes is 1. The summed E-state index contributed by atoms with van der Waals surface area (Å²) in [6.07, 6.45) is 6.42. The largest absolute Gasteiger partial charge is 0.352 e. The Balaban J connectivity index is 1.93. The van der Waals surface area contributed by atoms with Gasteiger partial charge in [0, 0.05) is 12.3 Å². The smallest absolute Gasteiger partial charge is 0.243 e. The Morgan fingerprint density at radius 1 is 1.53 bits per heavy atom. The molecule has 0 bridgehead atoms. The van der Waals surface area contributed by atoms with Gasteiger partial charge in [-0.05, 0) is 12.1 Å². The molecule has 0 atom stereocenters. The van der Waals surface area contributed by atoms with Gasteiger partial charge >= 0.3 is 0 Å². The van der Waals surface area contributed by atoms with Crippen LogP contribution in [0.4, 0.5) is 10.3 Å². The van der Waals surface area contributed by atoms with Gasteiger partial charge in [-0.1, -0.05) is 5.92 Å². The van der Waals surface area contributed by atoms with Gasteiger partial charge in [-0.3, -0.25) is 0 Å². The van der Waals surface area contributed by atoms with E-state index in [1.807, 2.05) is 0 Å². The molecule has 0 aliphatic rings. The summed E-state index contributed by atoms with van der Waals surface area (Å²) >= 11 is 1.66. The maximum atomic E-state index is 12.9. The van der Waals surface area contributed by atoms with Gasteiger partial charge in [0.1, 0.15) is 5.82 Å². The first kappa shape index (κ1) is 11.7. The minimum absolute atomic E-state index is 0.335. The fourth-order valence-corrected chi connectivity index (χ4v) is 1.81. The second-order valence-corrected chi connectivity index (χ2v) is 4.37. The van der Waals surface area contributed by atoms with Gasteiger partial charge in [-0.25, -0.2) is 8.91 Å². The molecular weight excluding hydrogens is 239 g/mol.